The molecule has 0 bridgehead atoms. The highest BCUT2D eigenvalue weighted by Gasteiger charge is 2.22. The van der Waals surface area contributed by atoms with E-state index in [9.17, 15) is 1.37 Å². The quantitative estimate of drug-likeness (QED) is 0.101. The van der Waals surface area contributed by atoms with Gasteiger partial charge in [0, 0.05) is 40.9 Å². The lowest BCUT2D eigenvalue weighted by Gasteiger charge is -2.17. The maximum atomic E-state index is 9.37. The van der Waals surface area contributed by atoms with Crippen LogP contribution in [-0.4, -0.2) is 18.7 Å². The highest BCUT2D eigenvalue weighted by molar-refractivity contribution is 6.12. The van der Waals surface area contributed by atoms with Gasteiger partial charge in [0.15, 0.2) is 0 Å². The van der Waals surface area contributed by atoms with Crippen LogP contribution in [-0.2, 0) is 0 Å². The molecule has 0 aliphatic heterocycles. The molecule has 0 fully saturated rings. The molecule has 6 heteroatoms. The zero-order valence-corrected chi connectivity index (χ0v) is 38.9. The molecular weight excluding hydrogens is 867 g/mol. The predicted molar refractivity (Wildman–Crippen MR) is 291 cm³/mol. The number of nitrogens with zero attached hydrogens (tertiary/aromatic N) is 5. The molecule has 0 saturated heterocycles. The van der Waals surface area contributed by atoms with Crippen LogP contribution in [0.3, 0.4) is 0 Å². The molecule has 4 heterocycles. The first-order valence-corrected chi connectivity index (χ1v) is 23.5. The summed E-state index contributed by atoms with van der Waals surface area (Å²) in [5.41, 5.74) is 7.75. The number of para-hydroxylation sites is 5. The van der Waals surface area contributed by atoms with Crippen molar-refractivity contribution in [1.82, 2.24) is 18.7 Å². The number of hydrogen-bond acceptors (Lipinski definition) is 2. The second-order valence-electron chi connectivity index (χ2n) is 17.9. The number of benzene rings is 9. The van der Waals surface area contributed by atoms with Crippen molar-refractivity contribution in [1.29, 1.82) is 0 Å². The minimum Gasteiger partial charge on any atom is -0.458 e. The van der Waals surface area contributed by atoms with E-state index in [0.29, 0.717) is 34.0 Å². The van der Waals surface area contributed by atoms with Gasteiger partial charge in [0.25, 0.3) is 6.33 Å². The van der Waals surface area contributed by atoms with E-state index in [-0.39, 0.29) is 33.9 Å². The van der Waals surface area contributed by atoms with E-state index >= 15 is 0 Å². The SMILES string of the molecule is [2H]c1c([2H])c([2H])c(-c2cccc(-c3c([2H])c([2H])c([2H])c([2H])c3[2H])c2-[n+]2[c-]n(-c3cccc(Oc4ccc5c6cc(-n7c8ccccc8c8ccccc87)ccc6n(-c6cc(C([2H])(C)C(C)C)ccn6)c5c4)c3)c3ccccc32)c([2H])c1[2H]. The van der Waals surface area contributed by atoms with Crippen LogP contribution in [0.5, 0.6) is 11.5 Å². The average Bonchev–Trinajstić information content (AvgIpc) is 3.15. The van der Waals surface area contributed by atoms with E-state index < -0.39 is 66.3 Å². The van der Waals surface area contributed by atoms with E-state index in [1.807, 2.05) is 79.7 Å². The van der Waals surface area contributed by atoms with Gasteiger partial charge in [-0.25, -0.2) is 4.98 Å². The number of fused-ring (bicyclic) bond motifs is 7. The molecule has 4 aromatic heterocycles. The highest BCUT2D eigenvalue weighted by Crippen LogP contribution is 2.40. The third-order valence-corrected chi connectivity index (χ3v) is 13.5. The van der Waals surface area contributed by atoms with Gasteiger partial charge in [0.05, 0.1) is 58.2 Å². The molecule has 0 aliphatic rings. The van der Waals surface area contributed by atoms with Crippen molar-refractivity contribution in [2.75, 3.05) is 0 Å². The first kappa shape index (κ1) is 31.9. The average molecular weight is 927 g/mol. The monoisotopic (exact) mass is 926 g/mol. The van der Waals surface area contributed by atoms with Gasteiger partial charge in [0.2, 0.25) is 0 Å². The molecule has 340 valence electrons. The molecule has 6 nitrogen and oxygen atoms in total. The molecular formula is C65H49N5O. The first-order chi connectivity index (χ1) is 39.4. The summed E-state index contributed by atoms with van der Waals surface area (Å²) in [6.07, 6.45) is 5.23. The summed E-state index contributed by atoms with van der Waals surface area (Å²) in [7, 11) is 0. The van der Waals surface area contributed by atoms with Crippen molar-refractivity contribution in [3.63, 3.8) is 0 Å². The molecule has 0 saturated carbocycles. The normalized spacial score (nSPS) is 14.8. The number of imidazole rings is 1. The van der Waals surface area contributed by atoms with Crippen molar-refractivity contribution >= 4 is 54.6 Å². The van der Waals surface area contributed by atoms with Gasteiger partial charge in [-0.1, -0.05) is 166 Å². The van der Waals surface area contributed by atoms with Crippen molar-refractivity contribution in [2.45, 2.75) is 26.7 Å². The molecule has 0 aliphatic carbocycles. The van der Waals surface area contributed by atoms with Crippen LogP contribution in [0.25, 0.3) is 99.8 Å². The van der Waals surface area contributed by atoms with Crippen LogP contribution >= 0.6 is 0 Å². The minimum absolute atomic E-state index is 0.0272. The second kappa shape index (κ2) is 17.2. The summed E-state index contributed by atoms with van der Waals surface area (Å²) >= 11 is 0. The Hall–Kier alpha value is -9.00. The predicted octanol–water partition coefficient (Wildman–Crippen LogP) is 16.2. The second-order valence-corrected chi connectivity index (χ2v) is 17.9. The highest BCUT2D eigenvalue weighted by atomic mass is 16.5. The third kappa shape index (κ3) is 7.18. The topological polar surface area (TPSA) is 40.8 Å². The number of pyridine rings is 1. The Bertz CT molecular complexity index is 4630. The van der Waals surface area contributed by atoms with Crippen molar-refractivity contribution in [3.8, 4) is 56.6 Å². The lowest BCUT2D eigenvalue weighted by atomic mass is 9.91. The van der Waals surface area contributed by atoms with Crippen LogP contribution in [0, 0.1) is 12.2 Å². The summed E-state index contributed by atoms with van der Waals surface area (Å²) < 4.78 is 112. The molecule has 0 amide bonds. The van der Waals surface area contributed by atoms with E-state index in [1.165, 1.54) is 0 Å². The Kier molecular flexibility index (Phi) is 7.73. The number of rotatable bonds is 10. The molecule has 0 spiro atoms. The van der Waals surface area contributed by atoms with Crippen LogP contribution in [0.2, 0.25) is 0 Å². The maximum Gasteiger partial charge on any atom is 0.269 e. The zero-order chi connectivity index (χ0) is 57.2. The van der Waals surface area contributed by atoms with Crippen LogP contribution in [0.4, 0.5) is 0 Å². The van der Waals surface area contributed by atoms with Crippen molar-refractivity contribution in [3.05, 3.63) is 242 Å². The molecule has 1 atom stereocenters. The fourth-order valence-corrected chi connectivity index (χ4v) is 9.95. The molecule has 0 N–H and O–H groups in total. The lowest BCUT2D eigenvalue weighted by Crippen LogP contribution is -2.31. The Morgan fingerprint density at radius 1 is 0.521 bits per heavy atom. The number of aromatic nitrogens is 5. The summed E-state index contributed by atoms with van der Waals surface area (Å²) in [6.45, 7) is 6.03. The largest absolute Gasteiger partial charge is 0.458 e. The molecule has 1 unspecified atom stereocenters. The Balaban J connectivity index is 0.970. The van der Waals surface area contributed by atoms with Gasteiger partial charge in [-0.15, -0.1) is 0 Å². The van der Waals surface area contributed by atoms with Gasteiger partial charge in [-0.2, -0.15) is 0 Å². The molecule has 13 rings (SSSR count). The minimum atomic E-state index is -0.887. The van der Waals surface area contributed by atoms with Crippen LogP contribution in [0.15, 0.2) is 230 Å². The molecule has 9 aromatic carbocycles. The van der Waals surface area contributed by atoms with E-state index in [4.69, 9.17) is 23.4 Å². The smallest absolute Gasteiger partial charge is 0.269 e. The standard InChI is InChI=1S/C65H49N5O/c1-43(2)44(3)47-36-37-66-64(38-47)70-60-35-32-49(69-58-28-12-10-24-54(58)55-25-11-13-29-59(55)69)40-57(60)56-34-33-51(41-63(56)70)71-50-23-16-22-48(39-50)67-42-68(62-31-15-14-30-61(62)67)65-52(45-18-6-4-7-19-45)26-17-27-53(65)46-20-8-5-9-21-46/h4-41,43-44H,1-3H3/i4D,5D,6D,7D,8D,9D,18D,19D,20D,21D,44D. The molecule has 71 heavy (non-hydrogen) atoms. The Labute approximate surface area is 428 Å². The van der Waals surface area contributed by atoms with Gasteiger partial charge >= 0.3 is 0 Å². The van der Waals surface area contributed by atoms with Gasteiger partial charge in [0.1, 0.15) is 17.3 Å². The van der Waals surface area contributed by atoms with Gasteiger partial charge in [-0.05, 0) is 112 Å². The van der Waals surface area contributed by atoms with Crippen molar-refractivity contribution < 1.29 is 24.4 Å². The van der Waals surface area contributed by atoms with Crippen LogP contribution in [0.1, 0.15) is 47.3 Å². The zero-order valence-electron chi connectivity index (χ0n) is 49.9. The van der Waals surface area contributed by atoms with E-state index in [2.05, 4.69) is 102 Å². The van der Waals surface area contributed by atoms with Crippen LogP contribution < -0.4 is 9.30 Å². The molecule has 13 aromatic rings. The Morgan fingerprint density at radius 3 is 1.85 bits per heavy atom. The summed E-state index contributed by atoms with van der Waals surface area (Å²) in [4.78, 5) is 4.94. The third-order valence-electron chi connectivity index (χ3n) is 13.5. The van der Waals surface area contributed by atoms with E-state index in [0.717, 1.165) is 54.9 Å². The maximum absolute atomic E-state index is 9.37. The van der Waals surface area contributed by atoms with E-state index in [1.54, 1.807) is 33.5 Å². The molecule has 0 radical (unpaired) electrons. The lowest BCUT2D eigenvalue weighted by molar-refractivity contribution is -0.571. The van der Waals surface area contributed by atoms with Crippen molar-refractivity contribution in [2.24, 2.45) is 5.92 Å². The summed E-state index contributed by atoms with van der Waals surface area (Å²) in [6, 6.07) is 47.6. The fraction of sp³-hybridized carbons (Fsp3) is 0.0769. The van der Waals surface area contributed by atoms with Gasteiger partial charge in [-0.3, -0.25) is 13.7 Å². The first-order valence-electron chi connectivity index (χ1n) is 29.0. The van der Waals surface area contributed by atoms with Gasteiger partial charge < -0.3 is 9.30 Å². The summed E-state index contributed by atoms with van der Waals surface area (Å²) in [5.74, 6) is 0.812. The summed E-state index contributed by atoms with van der Waals surface area (Å²) in [5, 5.41) is 4.29. The number of ether oxygens (including phenoxy) is 1. The fourth-order valence-electron chi connectivity index (χ4n) is 9.95. The number of hydrogen-bond donors (Lipinski definition) is 0. The Morgan fingerprint density at radius 2 is 1.14 bits per heavy atom.